The lowest BCUT2D eigenvalue weighted by molar-refractivity contribution is 0.0999. The summed E-state index contributed by atoms with van der Waals surface area (Å²) in [5.74, 6) is -1.86. The van der Waals surface area contributed by atoms with E-state index < -0.39 is 27.8 Å². The van der Waals surface area contributed by atoms with Gasteiger partial charge in [-0.1, -0.05) is 18.2 Å². The van der Waals surface area contributed by atoms with Gasteiger partial charge in [-0.05, 0) is 23.3 Å². The molecule has 1 aromatic carbocycles. The van der Waals surface area contributed by atoms with E-state index in [9.17, 15) is 17.6 Å². The first-order valence-electron chi connectivity index (χ1n) is 6.56. The maximum Gasteiger partial charge on any atom is 0.300 e. The van der Waals surface area contributed by atoms with Crippen LogP contribution < -0.4 is 15.2 Å². The first-order valence-corrected chi connectivity index (χ1v) is 8.04. The van der Waals surface area contributed by atoms with Gasteiger partial charge in [0.25, 0.3) is 10.2 Å². The Morgan fingerprint density at radius 1 is 1.26 bits per heavy atom. The highest BCUT2D eigenvalue weighted by molar-refractivity contribution is 7.90. The van der Waals surface area contributed by atoms with E-state index in [1.54, 1.807) is 24.3 Å². The van der Waals surface area contributed by atoms with Gasteiger partial charge in [0.15, 0.2) is 11.6 Å². The van der Waals surface area contributed by atoms with Gasteiger partial charge in [0, 0.05) is 25.2 Å². The van der Waals surface area contributed by atoms with Crippen molar-refractivity contribution in [2.75, 3.05) is 11.8 Å². The van der Waals surface area contributed by atoms with E-state index in [0.717, 1.165) is 0 Å². The van der Waals surface area contributed by atoms with Crippen LogP contribution in [0.4, 0.5) is 10.2 Å². The minimum Gasteiger partial charge on any atom is -0.366 e. The van der Waals surface area contributed by atoms with Crippen molar-refractivity contribution >= 4 is 21.9 Å². The van der Waals surface area contributed by atoms with Crippen LogP contribution in [0.1, 0.15) is 21.5 Å². The van der Waals surface area contributed by atoms with Gasteiger partial charge in [-0.15, -0.1) is 0 Å². The lowest BCUT2D eigenvalue weighted by Crippen LogP contribution is -2.27. The van der Waals surface area contributed by atoms with Crippen molar-refractivity contribution in [3.63, 3.8) is 0 Å². The van der Waals surface area contributed by atoms with Gasteiger partial charge in [-0.25, -0.2) is 14.1 Å². The first kappa shape index (κ1) is 16.8. The molecule has 1 aromatic heterocycles. The number of nitrogens with two attached hydrogens (primary N) is 1. The number of benzene rings is 1. The number of aromatic nitrogens is 1. The molecule has 1 amide bonds. The average molecular weight is 338 g/mol. The van der Waals surface area contributed by atoms with Gasteiger partial charge in [0.05, 0.1) is 0 Å². The molecule has 9 heteroatoms. The predicted molar refractivity (Wildman–Crippen MR) is 83.6 cm³/mol. The number of anilines is 1. The van der Waals surface area contributed by atoms with Crippen molar-refractivity contribution in [1.82, 2.24) is 9.71 Å². The van der Waals surface area contributed by atoms with Gasteiger partial charge in [-0.3, -0.25) is 9.52 Å². The Balaban J connectivity index is 2.37. The summed E-state index contributed by atoms with van der Waals surface area (Å²) in [5.41, 5.74) is 6.29. The van der Waals surface area contributed by atoms with Gasteiger partial charge in [0.1, 0.15) is 0 Å². The number of rotatable bonds is 6. The van der Waals surface area contributed by atoms with Gasteiger partial charge >= 0.3 is 0 Å². The molecule has 2 rings (SSSR count). The Hall–Kier alpha value is -2.52. The lowest BCUT2D eigenvalue weighted by Gasteiger charge is -2.11. The van der Waals surface area contributed by atoms with Crippen molar-refractivity contribution in [2.45, 2.75) is 6.42 Å². The molecule has 0 aliphatic heterocycles. The third-order valence-electron chi connectivity index (χ3n) is 3.13. The number of halogens is 1. The molecule has 23 heavy (non-hydrogen) atoms. The Morgan fingerprint density at radius 3 is 2.61 bits per heavy atom. The van der Waals surface area contributed by atoms with E-state index in [0.29, 0.717) is 5.56 Å². The number of carbonyl (C=O) groups is 1. The first-order chi connectivity index (χ1) is 10.8. The van der Waals surface area contributed by atoms with Crippen LogP contribution in [-0.4, -0.2) is 26.4 Å². The Bertz CT molecular complexity index is 840. The highest BCUT2D eigenvalue weighted by atomic mass is 32.2. The molecule has 0 aliphatic rings. The topological polar surface area (TPSA) is 114 Å². The number of hydrogen-bond donors (Lipinski definition) is 3. The summed E-state index contributed by atoms with van der Waals surface area (Å²) >= 11 is 0. The summed E-state index contributed by atoms with van der Waals surface area (Å²) in [5, 5.41) is 0. The van der Waals surface area contributed by atoms with E-state index in [2.05, 4.69) is 4.98 Å². The zero-order valence-corrected chi connectivity index (χ0v) is 13.0. The summed E-state index contributed by atoms with van der Waals surface area (Å²) in [6, 6.07) is 7.95. The van der Waals surface area contributed by atoms with E-state index in [-0.39, 0.29) is 17.5 Å². The summed E-state index contributed by atoms with van der Waals surface area (Å²) < 4.78 is 41.3. The molecule has 0 radical (unpaired) electrons. The van der Waals surface area contributed by atoms with E-state index in [4.69, 9.17) is 5.73 Å². The van der Waals surface area contributed by atoms with E-state index in [1.807, 2.05) is 9.44 Å². The molecule has 7 nitrogen and oxygen atoms in total. The number of carbonyl (C=O) groups excluding carboxylic acids is 1. The molecule has 1 heterocycles. The Labute approximate surface area is 132 Å². The molecule has 4 N–H and O–H groups in total. The van der Waals surface area contributed by atoms with E-state index in [1.165, 1.54) is 19.3 Å². The maximum absolute atomic E-state index is 14.4. The highest BCUT2D eigenvalue weighted by Crippen LogP contribution is 2.20. The van der Waals surface area contributed by atoms with Crippen LogP contribution in [0.2, 0.25) is 0 Å². The molecule has 0 aliphatic carbocycles. The van der Waals surface area contributed by atoms with Crippen LogP contribution in [0.15, 0.2) is 36.5 Å². The van der Waals surface area contributed by atoms with Crippen molar-refractivity contribution < 1.29 is 17.6 Å². The third kappa shape index (κ3) is 4.02. The third-order valence-corrected chi connectivity index (χ3v) is 4.13. The number of pyridine rings is 1. The number of hydrogen-bond acceptors (Lipinski definition) is 4. The van der Waals surface area contributed by atoms with Crippen molar-refractivity contribution in [3.8, 4) is 0 Å². The summed E-state index contributed by atoms with van der Waals surface area (Å²) in [6.45, 7) is 0. The van der Waals surface area contributed by atoms with Crippen LogP contribution in [0.3, 0.4) is 0 Å². The minimum atomic E-state index is -3.88. The molecule has 0 fully saturated rings. The van der Waals surface area contributed by atoms with Crippen molar-refractivity contribution in [1.29, 1.82) is 0 Å². The van der Waals surface area contributed by atoms with Crippen LogP contribution in [0, 0.1) is 5.82 Å². The molecule has 2 aromatic rings. The lowest BCUT2D eigenvalue weighted by atomic mass is 9.99. The molecular weight excluding hydrogens is 323 g/mol. The molecule has 0 unspecified atom stereocenters. The number of amides is 1. The Morgan fingerprint density at radius 2 is 1.96 bits per heavy atom. The second-order valence-electron chi connectivity index (χ2n) is 4.64. The number of nitrogens with one attached hydrogen (secondary N) is 2. The maximum atomic E-state index is 14.4. The zero-order valence-electron chi connectivity index (χ0n) is 12.2. The largest absolute Gasteiger partial charge is 0.366 e. The highest BCUT2D eigenvalue weighted by Gasteiger charge is 2.16. The van der Waals surface area contributed by atoms with Gasteiger partial charge in [0.2, 0.25) is 5.91 Å². The quantitative estimate of drug-likeness (QED) is 0.722. The molecular formula is C14H15FN4O3S. The summed E-state index contributed by atoms with van der Waals surface area (Å²) in [4.78, 5) is 15.1. The molecule has 0 bridgehead atoms. The van der Waals surface area contributed by atoms with Crippen LogP contribution in [0.5, 0.6) is 0 Å². The zero-order chi connectivity index (χ0) is 17.0. The van der Waals surface area contributed by atoms with Gasteiger partial charge in [-0.2, -0.15) is 8.42 Å². The molecule has 0 atom stereocenters. The Kier molecular flexibility index (Phi) is 4.92. The fraction of sp³-hybridized carbons (Fsp3) is 0.143. The number of primary amides is 1. The SMILES string of the molecule is CNS(=O)(=O)Nc1nccc(Cc2ccccc2C(N)=O)c1F. The van der Waals surface area contributed by atoms with Crippen LogP contribution in [-0.2, 0) is 16.6 Å². The van der Waals surface area contributed by atoms with E-state index >= 15 is 0 Å². The fourth-order valence-electron chi connectivity index (χ4n) is 1.99. The predicted octanol–water partition coefficient (Wildman–Crippen LogP) is 0.786. The minimum absolute atomic E-state index is 0.0712. The smallest absolute Gasteiger partial charge is 0.300 e. The number of nitrogens with zero attached hydrogens (tertiary/aromatic N) is 1. The van der Waals surface area contributed by atoms with Crippen molar-refractivity contribution in [3.05, 3.63) is 59.0 Å². The monoisotopic (exact) mass is 338 g/mol. The summed E-state index contributed by atoms with van der Waals surface area (Å²) in [7, 11) is -2.70. The van der Waals surface area contributed by atoms with Crippen LogP contribution >= 0.6 is 0 Å². The second kappa shape index (κ2) is 6.71. The molecule has 0 saturated carbocycles. The second-order valence-corrected chi connectivity index (χ2v) is 6.26. The van der Waals surface area contributed by atoms with Crippen molar-refractivity contribution in [2.24, 2.45) is 5.73 Å². The average Bonchev–Trinajstić information content (AvgIpc) is 2.51. The fourth-order valence-corrected chi connectivity index (χ4v) is 2.49. The van der Waals surface area contributed by atoms with Crippen LogP contribution in [0.25, 0.3) is 0 Å². The summed E-state index contributed by atoms with van der Waals surface area (Å²) in [6.07, 6.45) is 1.35. The normalized spacial score (nSPS) is 11.2. The molecule has 122 valence electrons. The van der Waals surface area contributed by atoms with Gasteiger partial charge < -0.3 is 5.73 Å². The molecule has 0 saturated heterocycles. The molecule has 0 spiro atoms. The standard InChI is InChI=1S/C14H15FN4O3S/c1-17-23(21,22)19-14-12(15)10(6-7-18-14)8-9-4-2-3-5-11(9)13(16)20/h2-7,17H,8H2,1H3,(H2,16,20)(H,18,19).